The van der Waals surface area contributed by atoms with Gasteiger partial charge >= 0.3 is 0 Å². The summed E-state index contributed by atoms with van der Waals surface area (Å²) < 4.78 is 19.4. The van der Waals surface area contributed by atoms with Crippen LogP contribution in [0.4, 0.5) is 0 Å². The minimum absolute atomic E-state index is 0.786. The Balaban J connectivity index is 1.21. The Morgan fingerprint density at radius 2 is 1.12 bits per heavy atom. The van der Waals surface area contributed by atoms with Crippen LogP contribution in [-0.4, -0.2) is 0 Å². The first kappa shape index (κ1) is 23.1. The molecule has 0 amide bonds. The fourth-order valence-electron chi connectivity index (χ4n) is 6.27. The molecule has 9 rings (SSSR count). The number of hydrogen-bond acceptors (Lipinski definition) is 4. The van der Waals surface area contributed by atoms with Gasteiger partial charge in [-0.2, -0.15) is 0 Å². The molecule has 0 spiro atoms. The van der Waals surface area contributed by atoms with Gasteiger partial charge in [0.25, 0.3) is 0 Å². The van der Waals surface area contributed by atoms with Crippen molar-refractivity contribution in [3.05, 3.63) is 127 Å². The van der Waals surface area contributed by atoms with Crippen LogP contribution in [0.3, 0.4) is 0 Å². The monoisotopic (exact) mass is 564 g/mol. The summed E-state index contributed by atoms with van der Waals surface area (Å²) in [6.45, 7) is 0. The van der Waals surface area contributed by atoms with Crippen molar-refractivity contribution in [3.63, 3.8) is 0 Å². The molecule has 0 bridgehead atoms. The topological polar surface area (TPSA) is 31.6 Å². The predicted octanol–water partition coefficient (Wildman–Crippen LogP) is 8.89. The molecule has 1 unspecified atom stereocenters. The Morgan fingerprint density at radius 3 is 1.90 bits per heavy atom. The van der Waals surface area contributed by atoms with Crippen LogP contribution >= 0.6 is 6.04 Å². The first-order valence-electron chi connectivity index (χ1n) is 13.5. The van der Waals surface area contributed by atoms with E-state index in [2.05, 4.69) is 66.7 Å². The highest BCUT2D eigenvalue weighted by Gasteiger charge is 2.43. The molecule has 0 fully saturated rings. The molecule has 0 aliphatic carbocycles. The Hall–Kier alpha value is -4.63. The third kappa shape index (κ3) is 3.18. The van der Waals surface area contributed by atoms with Crippen molar-refractivity contribution in [1.82, 2.24) is 0 Å². The maximum Gasteiger partial charge on any atom is 0.148 e. The zero-order valence-electron chi connectivity index (χ0n) is 21.7. The lowest BCUT2D eigenvalue weighted by atomic mass is 9.98. The zero-order chi connectivity index (χ0) is 27.1. The van der Waals surface area contributed by atoms with Gasteiger partial charge in [0.1, 0.15) is 34.2 Å². The lowest BCUT2D eigenvalue weighted by Crippen LogP contribution is -2.35. The average Bonchev–Trinajstić information content (AvgIpc) is 3.41. The summed E-state index contributed by atoms with van der Waals surface area (Å²) in [6, 6.07) is 41.3. The molecule has 194 valence electrons. The third-order valence-electron chi connectivity index (χ3n) is 8.16. The maximum absolute atomic E-state index is 6.67. The van der Waals surface area contributed by atoms with Gasteiger partial charge < -0.3 is 13.9 Å². The third-order valence-corrected chi connectivity index (χ3v) is 13.0. The fraction of sp³-hybridized carbons (Fsp3) is 0. The molecule has 0 N–H and O–H groups in total. The highest BCUT2D eigenvalue weighted by molar-refractivity contribution is 8.26. The van der Waals surface area contributed by atoms with Crippen molar-refractivity contribution in [2.45, 2.75) is 0 Å². The standard InChI is InChI=1S/C36H21O3PS/c41-40-32-14-5-3-12-29(32)37-31-21-20-25(35(36(31)40)39-30-13-4-6-15-33(30)40)23-18-16-22(17-19-23)24-9-7-10-27-26-8-1-2-11-28(26)38-34(24)27/h1-21H. The molecule has 0 saturated heterocycles. The summed E-state index contributed by atoms with van der Waals surface area (Å²) in [7, 11) is 0. The van der Waals surface area contributed by atoms with Crippen molar-refractivity contribution in [1.29, 1.82) is 0 Å². The second-order valence-corrected chi connectivity index (χ2v) is 14.7. The van der Waals surface area contributed by atoms with Gasteiger partial charge in [-0.3, -0.25) is 0 Å². The van der Waals surface area contributed by atoms with E-state index in [1.165, 1.54) is 0 Å². The Bertz CT molecular complexity index is 2230. The molecular formula is C36H21O3PS. The van der Waals surface area contributed by atoms with E-state index in [1.54, 1.807) is 0 Å². The van der Waals surface area contributed by atoms with Gasteiger partial charge in [0.05, 0.1) is 11.3 Å². The fourth-order valence-corrected chi connectivity index (χ4v) is 10.8. The normalized spacial score (nSPS) is 16.4. The number of rotatable bonds is 2. The molecular weight excluding hydrogens is 543 g/mol. The Labute approximate surface area is 241 Å². The smallest absolute Gasteiger partial charge is 0.148 e. The highest BCUT2D eigenvalue weighted by atomic mass is 32.4. The molecule has 0 radical (unpaired) electrons. The predicted molar refractivity (Wildman–Crippen MR) is 171 cm³/mol. The van der Waals surface area contributed by atoms with Gasteiger partial charge in [-0.05, 0) is 53.6 Å². The minimum Gasteiger partial charge on any atom is -0.456 e. The van der Waals surface area contributed by atoms with Crippen LogP contribution in [-0.2, 0) is 11.8 Å². The summed E-state index contributed by atoms with van der Waals surface area (Å²) in [5.74, 6) is 3.24. The van der Waals surface area contributed by atoms with E-state index in [0.29, 0.717) is 0 Å². The number of para-hydroxylation sites is 4. The second kappa shape index (κ2) is 8.44. The van der Waals surface area contributed by atoms with Crippen LogP contribution < -0.4 is 25.4 Å². The Kier molecular flexibility index (Phi) is 4.76. The van der Waals surface area contributed by atoms with Gasteiger partial charge in [0.2, 0.25) is 0 Å². The van der Waals surface area contributed by atoms with E-state index < -0.39 is 6.04 Å². The molecule has 7 aromatic rings. The molecule has 3 heterocycles. The van der Waals surface area contributed by atoms with Crippen LogP contribution in [0, 0.1) is 0 Å². The highest BCUT2D eigenvalue weighted by Crippen LogP contribution is 2.60. The van der Waals surface area contributed by atoms with E-state index in [-0.39, 0.29) is 0 Å². The van der Waals surface area contributed by atoms with Crippen LogP contribution in [0.2, 0.25) is 0 Å². The maximum atomic E-state index is 6.67. The van der Waals surface area contributed by atoms with Gasteiger partial charge in [-0.15, -0.1) is 0 Å². The molecule has 41 heavy (non-hydrogen) atoms. The van der Waals surface area contributed by atoms with Crippen LogP contribution in [0.1, 0.15) is 0 Å². The molecule has 6 aromatic carbocycles. The Morgan fingerprint density at radius 1 is 0.488 bits per heavy atom. The summed E-state index contributed by atoms with van der Waals surface area (Å²) in [5.41, 5.74) is 6.03. The van der Waals surface area contributed by atoms with Crippen LogP contribution in [0.15, 0.2) is 132 Å². The van der Waals surface area contributed by atoms with E-state index in [1.807, 2.05) is 60.7 Å². The van der Waals surface area contributed by atoms with E-state index >= 15 is 0 Å². The van der Waals surface area contributed by atoms with E-state index in [9.17, 15) is 0 Å². The van der Waals surface area contributed by atoms with Crippen molar-refractivity contribution >= 4 is 55.7 Å². The van der Waals surface area contributed by atoms with Crippen molar-refractivity contribution in [2.75, 3.05) is 0 Å². The van der Waals surface area contributed by atoms with Crippen LogP contribution in [0.25, 0.3) is 44.2 Å². The lowest BCUT2D eigenvalue weighted by molar-refractivity contribution is 0.467. The van der Waals surface area contributed by atoms with Gasteiger partial charge in [0.15, 0.2) is 0 Å². The summed E-state index contributed by atoms with van der Waals surface area (Å²) in [4.78, 5) is 0. The number of ether oxygens (including phenoxy) is 2. The van der Waals surface area contributed by atoms with Crippen LogP contribution in [0.5, 0.6) is 23.0 Å². The molecule has 5 heteroatoms. The van der Waals surface area contributed by atoms with E-state index in [0.717, 1.165) is 83.1 Å². The van der Waals surface area contributed by atoms with Crippen molar-refractivity contribution in [2.24, 2.45) is 0 Å². The average molecular weight is 565 g/mol. The zero-order valence-corrected chi connectivity index (χ0v) is 23.4. The van der Waals surface area contributed by atoms with Crippen molar-refractivity contribution < 1.29 is 13.9 Å². The molecule has 0 saturated carbocycles. The molecule has 2 aliphatic rings. The first-order chi connectivity index (χ1) is 20.2. The number of benzene rings is 6. The quantitative estimate of drug-likeness (QED) is 0.196. The molecule has 3 nitrogen and oxygen atoms in total. The number of hydrogen-bond donors (Lipinski definition) is 0. The second-order valence-electron chi connectivity index (χ2n) is 10.4. The molecule has 2 aliphatic heterocycles. The number of fused-ring (bicyclic) bond motifs is 7. The summed E-state index contributed by atoms with van der Waals surface area (Å²) >= 11 is 6.67. The largest absolute Gasteiger partial charge is 0.456 e. The molecule has 1 atom stereocenters. The lowest BCUT2D eigenvalue weighted by Gasteiger charge is -2.38. The van der Waals surface area contributed by atoms with E-state index in [4.69, 9.17) is 25.7 Å². The number of furan rings is 1. The SMILES string of the molecule is S=P12c3ccccc3Oc3ccc(-c4ccc(-c5cccc6c5oc5ccccc56)cc4)c(c31)Oc1ccccc12. The van der Waals surface area contributed by atoms with Gasteiger partial charge in [0, 0.05) is 32.5 Å². The first-order valence-corrected chi connectivity index (χ1v) is 16.3. The van der Waals surface area contributed by atoms with Gasteiger partial charge in [-0.1, -0.05) is 96.7 Å². The summed E-state index contributed by atoms with van der Waals surface area (Å²) in [5, 5.41) is 5.40. The molecule has 1 aromatic heterocycles. The van der Waals surface area contributed by atoms with Gasteiger partial charge in [-0.25, -0.2) is 0 Å². The van der Waals surface area contributed by atoms with Crippen molar-refractivity contribution in [3.8, 4) is 45.3 Å². The summed E-state index contributed by atoms with van der Waals surface area (Å²) in [6.07, 6.45) is 0. The minimum atomic E-state index is -2.39.